The molecular weight excluding hydrogens is 526 g/mol. The maximum atomic E-state index is 13.6. The molecule has 0 aliphatic carbocycles. The van der Waals surface area contributed by atoms with Gasteiger partial charge in [-0.05, 0) is 61.9 Å². The van der Waals surface area contributed by atoms with Crippen LogP contribution in [0.1, 0.15) is 60.2 Å². The van der Waals surface area contributed by atoms with Gasteiger partial charge in [0.2, 0.25) is 10.0 Å². The number of carbonyl (C=O) groups is 1. The molecule has 3 aromatic rings. The van der Waals surface area contributed by atoms with Gasteiger partial charge in [-0.25, -0.2) is 8.42 Å². The molecule has 0 bridgehead atoms. The van der Waals surface area contributed by atoms with E-state index >= 15 is 0 Å². The van der Waals surface area contributed by atoms with Crippen molar-refractivity contribution in [1.29, 1.82) is 0 Å². The van der Waals surface area contributed by atoms with E-state index < -0.39 is 22.2 Å². The molecule has 0 radical (unpaired) electrons. The minimum atomic E-state index is -3.41. The second-order valence-corrected chi connectivity index (χ2v) is 12.4. The number of aliphatic hydroxyl groups is 1. The smallest absolute Gasteiger partial charge is 0.251 e. The van der Waals surface area contributed by atoms with E-state index in [1.807, 2.05) is 60.3 Å². The van der Waals surface area contributed by atoms with Gasteiger partial charge < -0.3 is 15.7 Å². The van der Waals surface area contributed by atoms with E-state index in [-0.39, 0.29) is 18.2 Å². The molecule has 1 aliphatic rings. The predicted molar refractivity (Wildman–Crippen MR) is 158 cm³/mol. The molecule has 9 nitrogen and oxygen atoms in total. The second kappa shape index (κ2) is 13.9. The first-order chi connectivity index (χ1) is 19.3. The number of sulfonamides is 1. The summed E-state index contributed by atoms with van der Waals surface area (Å²) in [6.45, 7) is 6.11. The van der Waals surface area contributed by atoms with Gasteiger partial charge in [0.15, 0.2) is 0 Å². The quantitative estimate of drug-likeness (QED) is 0.292. The summed E-state index contributed by atoms with van der Waals surface area (Å²) in [6, 6.07) is 14.6. The lowest BCUT2D eigenvalue weighted by molar-refractivity contribution is 0.0830. The third-order valence-corrected chi connectivity index (χ3v) is 9.06. The number of hydrogen-bond acceptors (Lipinski definition) is 6. The van der Waals surface area contributed by atoms with Crippen LogP contribution in [-0.4, -0.2) is 60.2 Å². The van der Waals surface area contributed by atoms with Gasteiger partial charge in [0.05, 0.1) is 29.8 Å². The van der Waals surface area contributed by atoms with Crippen molar-refractivity contribution in [3.63, 3.8) is 0 Å². The van der Waals surface area contributed by atoms with Crippen molar-refractivity contribution in [3.05, 3.63) is 83.2 Å². The van der Waals surface area contributed by atoms with Crippen LogP contribution in [0.15, 0.2) is 60.9 Å². The standard InChI is InChI=1S/C30H41N5O4S/c1-3-10-24-15-26(18-27(16-24)35-13-8-9-14-40(35,38)39)30(37)33-28(17-23-11-6-5-7-12-23)29(36)21-31-19-25-20-32-34(4-2)22-25/h5-7,11-12,15-16,18,20,22,28-29,31,36H,3-4,8-10,13-14,17,19,21H2,1-2H3,(H,33,37)/t28-,29+/m0/s1. The highest BCUT2D eigenvalue weighted by Crippen LogP contribution is 2.27. The summed E-state index contributed by atoms with van der Waals surface area (Å²) in [4.78, 5) is 13.6. The molecule has 1 aromatic heterocycles. The molecule has 0 saturated carbocycles. The van der Waals surface area contributed by atoms with Gasteiger partial charge in [-0.1, -0.05) is 43.7 Å². The molecule has 1 saturated heterocycles. The second-order valence-electron chi connectivity index (χ2n) is 10.4. The molecule has 1 fully saturated rings. The fourth-order valence-electron chi connectivity index (χ4n) is 5.04. The Morgan fingerprint density at radius 1 is 1.07 bits per heavy atom. The molecule has 1 aliphatic heterocycles. The highest BCUT2D eigenvalue weighted by Gasteiger charge is 2.28. The monoisotopic (exact) mass is 567 g/mol. The normalized spacial score (nSPS) is 16.4. The zero-order chi connectivity index (χ0) is 28.5. The fourth-order valence-corrected chi connectivity index (χ4v) is 6.66. The van der Waals surface area contributed by atoms with Gasteiger partial charge in [-0.3, -0.25) is 13.8 Å². The molecule has 3 N–H and O–H groups in total. The summed E-state index contributed by atoms with van der Waals surface area (Å²) in [6.07, 6.45) is 6.40. The lowest BCUT2D eigenvalue weighted by atomic mass is 9.99. The zero-order valence-corrected chi connectivity index (χ0v) is 24.2. The average Bonchev–Trinajstić information content (AvgIpc) is 3.41. The van der Waals surface area contributed by atoms with Crippen LogP contribution in [0.2, 0.25) is 0 Å². The Hall–Kier alpha value is -3.21. The lowest BCUT2D eigenvalue weighted by Crippen LogP contribution is -2.48. The Labute approximate surface area is 237 Å². The number of aromatic nitrogens is 2. The molecule has 1 amide bonds. The number of anilines is 1. The SMILES string of the molecule is CCCc1cc(C(=O)N[C@@H](Cc2ccccc2)[C@H](O)CNCc2cnn(CC)c2)cc(N2CCCCS2(=O)=O)c1. The summed E-state index contributed by atoms with van der Waals surface area (Å²) >= 11 is 0. The Bertz CT molecular complexity index is 1360. The van der Waals surface area contributed by atoms with E-state index in [1.165, 1.54) is 4.31 Å². The number of benzene rings is 2. The average molecular weight is 568 g/mol. The third kappa shape index (κ3) is 7.93. The van der Waals surface area contributed by atoms with E-state index in [2.05, 4.69) is 22.7 Å². The van der Waals surface area contributed by atoms with Gasteiger partial charge >= 0.3 is 0 Å². The van der Waals surface area contributed by atoms with Crippen molar-refractivity contribution < 1.29 is 18.3 Å². The first kappa shape index (κ1) is 29.8. The molecule has 216 valence electrons. The summed E-state index contributed by atoms with van der Waals surface area (Å²) in [5, 5.41) is 21.8. The summed E-state index contributed by atoms with van der Waals surface area (Å²) in [5.74, 6) is -0.220. The summed E-state index contributed by atoms with van der Waals surface area (Å²) in [7, 11) is -3.41. The Balaban J connectivity index is 1.52. The molecule has 0 unspecified atom stereocenters. The van der Waals surface area contributed by atoms with Crippen LogP contribution in [-0.2, 0) is 36.0 Å². The number of aryl methyl sites for hydroxylation is 2. The number of aliphatic hydroxyl groups excluding tert-OH is 1. The van der Waals surface area contributed by atoms with Gasteiger partial charge in [-0.15, -0.1) is 0 Å². The molecular formula is C30H41N5O4S. The minimum Gasteiger partial charge on any atom is -0.390 e. The summed E-state index contributed by atoms with van der Waals surface area (Å²) < 4.78 is 28.9. The maximum absolute atomic E-state index is 13.6. The van der Waals surface area contributed by atoms with E-state index in [4.69, 9.17) is 0 Å². The van der Waals surface area contributed by atoms with Crippen LogP contribution in [0.4, 0.5) is 5.69 Å². The van der Waals surface area contributed by atoms with Crippen LogP contribution in [0.25, 0.3) is 0 Å². The lowest BCUT2D eigenvalue weighted by Gasteiger charge is -2.29. The molecule has 40 heavy (non-hydrogen) atoms. The number of rotatable bonds is 13. The Morgan fingerprint density at radius 2 is 1.88 bits per heavy atom. The van der Waals surface area contributed by atoms with Crippen LogP contribution in [0.5, 0.6) is 0 Å². The molecule has 2 aromatic carbocycles. The van der Waals surface area contributed by atoms with Crippen molar-refractivity contribution >= 4 is 21.6 Å². The fraction of sp³-hybridized carbons (Fsp3) is 0.467. The van der Waals surface area contributed by atoms with Crippen molar-refractivity contribution in [2.45, 2.75) is 71.2 Å². The first-order valence-corrected chi connectivity index (χ1v) is 15.8. The van der Waals surface area contributed by atoms with Crippen LogP contribution in [0, 0.1) is 0 Å². The zero-order valence-electron chi connectivity index (χ0n) is 23.4. The molecule has 10 heteroatoms. The predicted octanol–water partition coefficient (Wildman–Crippen LogP) is 3.28. The number of nitrogens with zero attached hydrogens (tertiary/aromatic N) is 3. The van der Waals surface area contributed by atoms with E-state index in [1.54, 1.807) is 12.3 Å². The number of amides is 1. The first-order valence-electron chi connectivity index (χ1n) is 14.2. The van der Waals surface area contributed by atoms with Crippen molar-refractivity contribution in [3.8, 4) is 0 Å². The van der Waals surface area contributed by atoms with Gasteiger partial charge in [0.1, 0.15) is 0 Å². The Morgan fingerprint density at radius 3 is 2.58 bits per heavy atom. The third-order valence-electron chi connectivity index (χ3n) is 7.19. The highest BCUT2D eigenvalue weighted by atomic mass is 32.2. The summed E-state index contributed by atoms with van der Waals surface area (Å²) in [5.41, 5.74) is 3.86. The maximum Gasteiger partial charge on any atom is 0.251 e. The van der Waals surface area contributed by atoms with Crippen LogP contribution < -0.4 is 14.9 Å². The molecule has 0 spiro atoms. The highest BCUT2D eigenvalue weighted by molar-refractivity contribution is 7.92. The van der Waals surface area contributed by atoms with E-state index in [0.29, 0.717) is 37.2 Å². The Kier molecular flexibility index (Phi) is 10.4. The minimum absolute atomic E-state index is 0.115. The van der Waals surface area contributed by atoms with Gasteiger partial charge in [0.25, 0.3) is 5.91 Å². The van der Waals surface area contributed by atoms with Crippen molar-refractivity contribution in [2.75, 3.05) is 23.1 Å². The van der Waals surface area contributed by atoms with Crippen molar-refractivity contribution in [2.24, 2.45) is 0 Å². The molecule has 4 rings (SSSR count). The largest absolute Gasteiger partial charge is 0.390 e. The molecule has 2 atom stereocenters. The van der Waals surface area contributed by atoms with Crippen molar-refractivity contribution in [1.82, 2.24) is 20.4 Å². The van der Waals surface area contributed by atoms with Crippen LogP contribution >= 0.6 is 0 Å². The van der Waals surface area contributed by atoms with Gasteiger partial charge in [-0.2, -0.15) is 5.10 Å². The van der Waals surface area contributed by atoms with Crippen LogP contribution in [0.3, 0.4) is 0 Å². The van der Waals surface area contributed by atoms with E-state index in [0.717, 1.165) is 42.5 Å². The van der Waals surface area contributed by atoms with E-state index in [9.17, 15) is 18.3 Å². The number of nitrogens with one attached hydrogen (secondary N) is 2. The number of carbonyl (C=O) groups excluding carboxylic acids is 1. The number of hydrogen-bond donors (Lipinski definition) is 3. The molecule has 2 heterocycles. The topological polar surface area (TPSA) is 117 Å². The van der Waals surface area contributed by atoms with Gasteiger partial charge in [0, 0.05) is 43.5 Å².